The molecule has 0 amide bonds. The van der Waals surface area contributed by atoms with E-state index in [2.05, 4.69) is 9.88 Å². The van der Waals surface area contributed by atoms with Crippen LogP contribution in [0.25, 0.3) is 22.0 Å². The van der Waals surface area contributed by atoms with Crippen LogP contribution >= 0.6 is 0 Å². The van der Waals surface area contributed by atoms with Crippen molar-refractivity contribution in [3.8, 4) is 17.0 Å². The van der Waals surface area contributed by atoms with Crippen molar-refractivity contribution in [2.24, 2.45) is 0 Å². The number of fused-ring (bicyclic) bond motifs is 2. The Labute approximate surface area is 157 Å². The number of pyridine rings is 1. The van der Waals surface area contributed by atoms with Gasteiger partial charge in [0, 0.05) is 47.9 Å². The number of carbonyl (C=O) groups excluding carboxylic acids is 1. The summed E-state index contributed by atoms with van der Waals surface area (Å²) in [5.74, 6) is 0.769. The fourth-order valence-electron chi connectivity index (χ4n) is 3.91. The van der Waals surface area contributed by atoms with Gasteiger partial charge in [-0.1, -0.05) is 24.3 Å². The lowest BCUT2D eigenvalue weighted by atomic mass is 9.85. The first-order valence-corrected chi connectivity index (χ1v) is 9.31. The quantitative estimate of drug-likeness (QED) is 0.560. The molecule has 5 heteroatoms. The zero-order valence-electron chi connectivity index (χ0n) is 15.0. The van der Waals surface area contributed by atoms with Gasteiger partial charge in [0.2, 0.25) is 0 Å². The van der Waals surface area contributed by atoms with E-state index in [9.17, 15) is 4.79 Å². The average molecular weight is 360 g/mol. The lowest BCUT2D eigenvalue weighted by Gasteiger charge is -2.26. The smallest absolute Gasteiger partial charge is 0.194 e. The molecule has 1 aliphatic heterocycles. The highest BCUT2D eigenvalue weighted by molar-refractivity contribution is 6.25. The second kappa shape index (κ2) is 6.76. The standard InChI is InChI=1S/C22H20N2O3/c25-22-18-4-2-1-3-17(18)21-20-15(5-6-23-21)13-16(14-19(20)22)27-12-9-24-7-10-26-11-8-24/h1-6,13-14H,7-12H2. The molecule has 0 atom stereocenters. The Morgan fingerprint density at radius 1 is 1.04 bits per heavy atom. The number of hydrogen-bond acceptors (Lipinski definition) is 5. The third kappa shape index (κ3) is 2.89. The zero-order valence-corrected chi connectivity index (χ0v) is 15.0. The average Bonchev–Trinajstić information content (AvgIpc) is 2.72. The molecule has 1 saturated heterocycles. The van der Waals surface area contributed by atoms with Gasteiger partial charge in [-0.25, -0.2) is 0 Å². The summed E-state index contributed by atoms with van der Waals surface area (Å²) in [6, 6.07) is 13.5. The van der Waals surface area contributed by atoms with E-state index >= 15 is 0 Å². The number of ketones is 1. The second-order valence-electron chi connectivity index (χ2n) is 6.91. The van der Waals surface area contributed by atoms with Crippen LogP contribution < -0.4 is 4.74 Å². The third-order valence-electron chi connectivity index (χ3n) is 5.29. The SMILES string of the molecule is O=C1c2ccccc2-c2nccc3cc(OCCN4CCOCC4)cc1c23. The summed E-state index contributed by atoms with van der Waals surface area (Å²) in [4.78, 5) is 19.9. The van der Waals surface area contributed by atoms with E-state index in [1.807, 2.05) is 42.5 Å². The van der Waals surface area contributed by atoms with Crippen molar-refractivity contribution in [3.63, 3.8) is 0 Å². The molecule has 3 aromatic rings. The predicted molar refractivity (Wildman–Crippen MR) is 103 cm³/mol. The van der Waals surface area contributed by atoms with Crippen LogP contribution in [-0.2, 0) is 4.74 Å². The highest BCUT2D eigenvalue weighted by atomic mass is 16.5. The molecule has 2 aliphatic rings. The number of morpholine rings is 1. The maximum absolute atomic E-state index is 13.1. The molecular formula is C22H20N2O3. The Bertz CT molecular complexity index is 1030. The predicted octanol–water partition coefficient (Wildman–Crippen LogP) is 3.16. The van der Waals surface area contributed by atoms with Gasteiger partial charge in [-0.15, -0.1) is 0 Å². The summed E-state index contributed by atoms with van der Waals surface area (Å²) in [5.41, 5.74) is 3.16. The Morgan fingerprint density at radius 2 is 1.85 bits per heavy atom. The van der Waals surface area contributed by atoms with Crippen LogP contribution in [0.5, 0.6) is 5.75 Å². The van der Waals surface area contributed by atoms with Crippen molar-refractivity contribution in [2.75, 3.05) is 39.5 Å². The molecule has 0 radical (unpaired) electrons. The van der Waals surface area contributed by atoms with Crippen molar-refractivity contribution in [1.82, 2.24) is 9.88 Å². The molecule has 2 heterocycles. The van der Waals surface area contributed by atoms with Crippen LogP contribution in [0.1, 0.15) is 15.9 Å². The second-order valence-corrected chi connectivity index (χ2v) is 6.91. The van der Waals surface area contributed by atoms with Crippen LogP contribution in [0.2, 0.25) is 0 Å². The number of carbonyl (C=O) groups is 1. The molecule has 0 N–H and O–H groups in total. The number of rotatable bonds is 4. The van der Waals surface area contributed by atoms with E-state index in [0.717, 1.165) is 60.6 Å². The summed E-state index contributed by atoms with van der Waals surface area (Å²) in [6.45, 7) is 4.89. The van der Waals surface area contributed by atoms with E-state index in [1.165, 1.54) is 0 Å². The van der Waals surface area contributed by atoms with Gasteiger partial charge in [0.1, 0.15) is 12.4 Å². The van der Waals surface area contributed by atoms with Crippen LogP contribution in [-0.4, -0.2) is 55.1 Å². The van der Waals surface area contributed by atoms with Gasteiger partial charge in [0.25, 0.3) is 0 Å². The molecule has 0 saturated carbocycles. The van der Waals surface area contributed by atoms with Crippen molar-refractivity contribution in [1.29, 1.82) is 0 Å². The van der Waals surface area contributed by atoms with Gasteiger partial charge in [0.15, 0.2) is 5.78 Å². The molecule has 1 fully saturated rings. The Morgan fingerprint density at radius 3 is 2.70 bits per heavy atom. The van der Waals surface area contributed by atoms with Crippen molar-refractivity contribution in [3.05, 3.63) is 59.8 Å². The van der Waals surface area contributed by atoms with Crippen molar-refractivity contribution in [2.45, 2.75) is 0 Å². The zero-order chi connectivity index (χ0) is 18.2. The van der Waals surface area contributed by atoms with E-state index in [0.29, 0.717) is 17.7 Å². The van der Waals surface area contributed by atoms with E-state index in [-0.39, 0.29) is 5.78 Å². The van der Waals surface area contributed by atoms with Gasteiger partial charge in [-0.05, 0) is 23.6 Å². The lowest BCUT2D eigenvalue weighted by Crippen LogP contribution is -2.38. The summed E-state index contributed by atoms with van der Waals surface area (Å²) in [6.07, 6.45) is 1.80. The van der Waals surface area contributed by atoms with Crippen molar-refractivity contribution < 1.29 is 14.3 Å². The van der Waals surface area contributed by atoms with Crippen LogP contribution in [0.4, 0.5) is 0 Å². The molecule has 0 bridgehead atoms. The van der Waals surface area contributed by atoms with E-state index < -0.39 is 0 Å². The molecule has 1 aromatic heterocycles. The molecule has 27 heavy (non-hydrogen) atoms. The molecule has 2 aromatic carbocycles. The van der Waals surface area contributed by atoms with E-state index in [1.54, 1.807) is 6.20 Å². The fourth-order valence-corrected chi connectivity index (χ4v) is 3.91. The molecule has 0 spiro atoms. The van der Waals surface area contributed by atoms with Crippen LogP contribution in [0.15, 0.2) is 48.7 Å². The first-order chi connectivity index (χ1) is 13.3. The number of aromatic nitrogens is 1. The molecule has 5 nitrogen and oxygen atoms in total. The third-order valence-corrected chi connectivity index (χ3v) is 5.29. The maximum Gasteiger partial charge on any atom is 0.194 e. The van der Waals surface area contributed by atoms with Gasteiger partial charge >= 0.3 is 0 Å². The minimum Gasteiger partial charge on any atom is -0.492 e. The number of hydrogen-bond donors (Lipinski definition) is 0. The largest absolute Gasteiger partial charge is 0.492 e. The summed E-state index contributed by atoms with van der Waals surface area (Å²) >= 11 is 0. The minimum absolute atomic E-state index is 0.0368. The minimum atomic E-state index is 0.0368. The molecule has 1 aliphatic carbocycles. The highest BCUT2D eigenvalue weighted by Crippen LogP contribution is 2.39. The molecular weight excluding hydrogens is 340 g/mol. The summed E-state index contributed by atoms with van der Waals surface area (Å²) < 4.78 is 11.4. The van der Waals surface area contributed by atoms with Crippen LogP contribution in [0.3, 0.4) is 0 Å². The monoisotopic (exact) mass is 360 g/mol. The first-order valence-electron chi connectivity index (χ1n) is 9.31. The normalized spacial score (nSPS) is 16.4. The van der Waals surface area contributed by atoms with Gasteiger partial charge in [0.05, 0.1) is 18.9 Å². The Balaban J connectivity index is 1.47. The fraction of sp³-hybridized carbons (Fsp3) is 0.273. The maximum atomic E-state index is 13.1. The van der Waals surface area contributed by atoms with Crippen molar-refractivity contribution >= 4 is 16.6 Å². The van der Waals surface area contributed by atoms with Gasteiger partial charge in [-0.3, -0.25) is 14.7 Å². The number of ether oxygens (including phenoxy) is 2. The summed E-state index contributed by atoms with van der Waals surface area (Å²) in [7, 11) is 0. The van der Waals surface area contributed by atoms with E-state index in [4.69, 9.17) is 9.47 Å². The highest BCUT2D eigenvalue weighted by Gasteiger charge is 2.26. The van der Waals surface area contributed by atoms with Gasteiger partial charge < -0.3 is 9.47 Å². The topological polar surface area (TPSA) is 51.7 Å². The number of nitrogens with zero attached hydrogens (tertiary/aromatic N) is 2. The van der Waals surface area contributed by atoms with Gasteiger partial charge in [-0.2, -0.15) is 0 Å². The first kappa shape index (κ1) is 16.4. The lowest BCUT2D eigenvalue weighted by molar-refractivity contribution is 0.0322. The molecule has 5 rings (SSSR count). The van der Waals surface area contributed by atoms with Crippen LogP contribution in [0, 0.1) is 0 Å². The Hall–Kier alpha value is -2.76. The molecule has 0 unspecified atom stereocenters. The molecule has 136 valence electrons. The summed E-state index contributed by atoms with van der Waals surface area (Å²) in [5, 5.41) is 1.91. The number of benzene rings is 2. The Kier molecular flexibility index (Phi) is 4.11.